The van der Waals surface area contributed by atoms with Gasteiger partial charge in [-0.15, -0.1) is 0 Å². The summed E-state index contributed by atoms with van der Waals surface area (Å²) >= 11 is 0. The Labute approximate surface area is 129 Å². The van der Waals surface area contributed by atoms with E-state index < -0.39 is 30.0 Å². The number of carboxylic acids is 1. The maximum Gasteiger partial charge on any atom is 0.325 e. The molecule has 3 amide bonds. The molecule has 1 fully saturated rings. The Morgan fingerprint density at radius 2 is 1.86 bits per heavy atom. The van der Waals surface area contributed by atoms with Gasteiger partial charge < -0.3 is 10.4 Å². The first kappa shape index (κ1) is 16.0. The van der Waals surface area contributed by atoms with Gasteiger partial charge in [0.2, 0.25) is 0 Å². The van der Waals surface area contributed by atoms with Gasteiger partial charge in [0, 0.05) is 0 Å². The topological polar surface area (TPSA) is 86.7 Å². The maximum atomic E-state index is 12.6. The fraction of sp³-hybridized carbons (Fsp3) is 0.438. The zero-order chi connectivity index (χ0) is 16.5. The van der Waals surface area contributed by atoms with E-state index in [2.05, 4.69) is 19.2 Å². The quantitative estimate of drug-likeness (QED) is 0.815. The predicted octanol–water partition coefficient (Wildman–Crippen LogP) is 2.05. The highest BCUT2D eigenvalue weighted by molar-refractivity contribution is 6.08. The van der Waals surface area contributed by atoms with Crippen molar-refractivity contribution in [2.75, 3.05) is 6.54 Å². The molecule has 1 heterocycles. The molecule has 118 valence electrons. The number of hydrogen-bond donors (Lipinski definition) is 2. The van der Waals surface area contributed by atoms with E-state index in [0.717, 1.165) is 10.5 Å². The lowest BCUT2D eigenvalue weighted by molar-refractivity contribution is -0.143. The lowest BCUT2D eigenvalue weighted by Crippen LogP contribution is -2.43. The third-order valence-corrected chi connectivity index (χ3v) is 4.07. The number of nitrogens with one attached hydrogen (secondary N) is 1. The Morgan fingerprint density at radius 1 is 1.27 bits per heavy atom. The van der Waals surface area contributed by atoms with Crippen LogP contribution in [0.25, 0.3) is 0 Å². The molecule has 1 atom stereocenters. The minimum absolute atomic E-state index is 0.356. The number of carbonyl (C=O) groups excluding carboxylic acids is 2. The Kier molecular flexibility index (Phi) is 4.21. The van der Waals surface area contributed by atoms with Crippen LogP contribution in [0.1, 0.15) is 44.2 Å². The molecule has 2 N–H and O–H groups in total. The van der Waals surface area contributed by atoms with Crippen LogP contribution >= 0.6 is 0 Å². The van der Waals surface area contributed by atoms with Crippen molar-refractivity contribution in [3.8, 4) is 0 Å². The zero-order valence-corrected chi connectivity index (χ0v) is 12.9. The van der Waals surface area contributed by atoms with E-state index in [1.165, 1.54) is 0 Å². The molecule has 0 radical (unpaired) electrons. The van der Waals surface area contributed by atoms with E-state index in [0.29, 0.717) is 17.9 Å². The number of carbonyl (C=O) groups is 3. The first-order valence-corrected chi connectivity index (χ1v) is 7.28. The van der Waals surface area contributed by atoms with Crippen molar-refractivity contribution in [1.82, 2.24) is 10.2 Å². The van der Waals surface area contributed by atoms with Crippen molar-refractivity contribution in [2.45, 2.75) is 38.6 Å². The van der Waals surface area contributed by atoms with Gasteiger partial charge in [0.25, 0.3) is 5.91 Å². The highest BCUT2D eigenvalue weighted by Gasteiger charge is 2.51. The van der Waals surface area contributed by atoms with Gasteiger partial charge >= 0.3 is 12.0 Å². The van der Waals surface area contributed by atoms with Gasteiger partial charge in [-0.2, -0.15) is 0 Å². The summed E-state index contributed by atoms with van der Waals surface area (Å²) in [5, 5.41) is 11.5. The van der Waals surface area contributed by atoms with Crippen molar-refractivity contribution in [1.29, 1.82) is 0 Å². The average molecular weight is 304 g/mol. The van der Waals surface area contributed by atoms with Gasteiger partial charge in [-0.1, -0.05) is 45.0 Å². The van der Waals surface area contributed by atoms with E-state index >= 15 is 0 Å². The predicted molar refractivity (Wildman–Crippen MR) is 80.4 cm³/mol. The van der Waals surface area contributed by atoms with Crippen LogP contribution in [0.4, 0.5) is 4.79 Å². The van der Waals surface area contributed by atoms with E-state index in [9.17, 15) is 14.4 Å². The van der Waals surface area contributed by atoms with Crippen molar-refractivity contribution in [2.24, 2.45) is 0 Å². The summed E-state index contributed by atoms with van der Waals surface area (Å²) in [6, 6.07) is 6.83. The first-order chi connectivity index (χ1) is 10.3. The first-order valence-electron chi connectivity index (χ1n) is 7.28. The van der Waals surface area contributed by atoms with Crippen molar-refractivity contribution in [3.05, 3.63) is 35.4 Å². The van der Waals surface area contributed by atoms with E-state index in [4.69, 9.17) is 5.11 Å². The molecule has 6 nitrogen and oxygen atoms in total. The largest absolute Gasteiger partial charge is 0.480 e. The SMILES string of the molecule is CC[C@@]1(c2ccc(C(C)C)cc2)NC(=O)N(CC(=O)O)C1=O. The minimum atomic E-state index is -1.22. The number of hydrogen-bond acceptors (Lipinski definition) is 3. The summed E-state index contributed by atoms with van der Waals surface area (Å²) in [7, 11) is 0. The number of carboxylic acid groups (broad SMARTS) is 1. The normalized spacial score (nSPS) is 21.4. The summed E-state index contributed by atoms with van der Waals surface area (Å²) in [4.78, 5) is 36.2. The fourth-order valence-electron chi connectivity index (χ4n) is 2.70. The Balaban J connectivity index is 2.39. The molecule has 0 spiro atoms. The Morgan fingerprint density at radius 3 is 2.32 bits per heavy atom. The molecular formula is C16H20N2O4. The highest BCUT2D eigenvalue weighted by Crippen LogP contribution is 2.33. The summed E-state index contributed by atoms with van der Waals surface area (Å²) in [6.07, 6.45) is 0.356. The van der Waals surface area contributed by atoms with E-state index in [-0.39, 0.29) is 0 Å². The van der Waals surface area contributed by atoms with Gasteiger partial charge in [-0.05, 0) is 23.5 Å². The molecule has 22 heavy (non-hydrogen) atoms. The third kappa shape index (κ3) is 2.56. The Hall–Kier alpha value is -2.37. The second-order valence-corrected chi connectivity index (χ2v) is 5.75. The number of benzene rings is 1. The molecule has 1 aromatic carbocycles. The van der Waals surface area contributed by atoms with Gasteiger partial charge in [0.05, 0.1) is 0 Å². The molecule has 1 saturated heterocycles. The molecule has 6 heteroatoms. The van der Waals surface area contributed by atoms with Crippen molar-refractivity contribution >= 4 is 17.9 Å². The maximum absolute atomic E-state index is 12.6. The molecule has 0 bridgehead atoms. The smallest absolute Gasteiger partial charge is 0.325 e. The number of aliphatic carboxylic acids is 1. The minimum Gasteiger partial charge on any atom is -0.480 e. The van der Waals surface area contributed by atoms with Crippen LogP contribution in [-0.4, -0.2) is 34.5 Å². The molecule has 1 aromatic rings. The lowest BCUT2D eigenvalue weighted by Gasteiger charge is -2.26. The van der Waals surface area contributed by atoms with E-state index in [1.807, 2.05) is 24.3 Å². The molecule has 1 aliphatic rings. The molecular weight excluding hydrogens is 284 g/mol. The molecule has 2 rings (SSSR count). The van der Waals surface area contributed by atoms with Gasteiger partial charge in [-0.25, -0.2) is 4.79 Å². The van der Waals surface area contributed by atoms with Gasteiger partial charge in [0.15, 0.2) is 0 Å². The molecule has 0 unspecified atom stereocenters. The van der Waals surface area contributed by atoms with Crippen LogP contribution in [0.3, 0.4) is 0 Å². The molecule has 1 aliphatic heterocycles. The van der Waals surface area contributed by atoms with Crippen LogP contribution in [0.15, 0.2) is 24.3 Å². The average Bonchev–Trinajstić information content (AvgIpc) is 2.72. The van der Waals surface area contributed by atoms with Gasteiger partial charge in [-0.3, -0.25) is 14.5 Å². The summed E-state index contributed by atoms with van der Waals surface area (Å²) in [5.41, 5.74) is 0.627. The van der Waals surface area contributed by atoms with Crippen molar-refractivity contribution in [3.63, 3.8) is 0 Å². The van der Waals surface area contributed by atoms with Crippen LogP contribution in [0, 0.1) is 0 Å². The van der Waals surface area contributed by atoms with Gasteiger partial charge in [0.1, 0.15) is 12.1 Å². The van der Waals surface area contributed by atoms with E-state index in [1.54, 1.807) is 6.92 Å². The monoisotopic (exact) mass is 304 g/mol. The van der Waals surface area contributed by atoms with Crippen LogP contribution in [0.2, 0.25) is 0 Å². The van der Waals surface area contributed by atoms with Crippen molar-refractivity contribution < 1.29 is 19.5 Å². The summed E-state index contributed by atoms with van der Waals surface area (Å²) in [5.74, 6) is -1.37. The number of imide groups is 1. The summed E-state index contributed by atoms with van der Waals surface area (Å²) in [6.45, 7) is 5.30. The number of nitrogens with zero attached hydrogens (tertiary/aromatic N) is 1. The molecule has 0 saturated carbocycles. The number of rotatable bonds is 5. The fourth-order valence-corrected chi connectivity index (χ4v) is 2.70. The van der Waals surface area contributed by atoms with Crippen LogP contribution in [-0.2, 0) is 15.1 Å². The third-order valence-electron chi connectivity index (χ3n) is 4.07. The summed E-state index contributed by atoms with van der Waals surface area (Å²) < 4.78 is 0. The second-order valence-electron chi connectivity index (χ2n) is 5.75. The number of amides is 3. The van der Waals surface area contributed by atoms with Crippen LogP contribution in [0.5, 0.6) is 0 Å². The second kappa shape index (κ2) is 5.79. The number of urea groups is 1. The standard InChI is InChI=1S/C16H20N2O4/c1-4-16(12-7-5-11(6-8-12)10(2)3)14(21)18(9-13(19)20)15(22)17-16/h5-8,10H,4,9H2,1-3H3,(H,17,22)(H,19,20)/t16-/m0/s1. The highest BCUT2D eigenvalue weighted by atomic mass is 16.4. The molecule has 0 aliphatic carbocycles. The van der Waals surface area contributed by atoms with Crippen LogP contribution < -0.4 is 5.32 Å². The lowest BCUT2D eigenvalue weighted by atomic mass is 9.86. The Bertz CT molecular complexity index is 609. The molecule has 0 aromatic heterocycles. The zero-order valence-electron chi connectivity index (χ0n) is 12.9.